The first-order chi connectivity index (χ1) is 10.2. The van der Waals surface area contributed by atoms with Gasteiger partial charge in [-0.1, -0.05) is 51.1 Å². The van der Waals surface area contributed by atoms with Gasteiger partial charge in [0.2, 0.25) is 5.89 Å². The lowest BCUT2D eigenvalue weighted by molar-refractivity contribution is 0.264. The van der Waals surface area contributed by atoms with E-state index >= 15 is 0 Å². The fourth-order valence-electron chi connectivity index (χ4n) is 3.09. The SMILES string of the molecule is CCC(C)(CC#N)Cc1nc(C2CCCCCCC2)no1. The van der Waals surface area contributed by atoms with E-state index in [-0.39, 0.29) is 5.41 Å². The van der Waals surface area contributed by atoms with Gasteiger partial charge in [0, 0.05) is 18.8 Å². The third-order valence-electron chi connectivity index (χ3n) is 4.89. The highest BCUT2D eigenvalue weighted by atomic mass is 16.5. The molecule has 4 nitrogen and oxygen atoms in total. The van der Waals surface area contributed by atoms with Crippen molar-refractivity contribution in [1.29, 1.82) is 5.26 Å². The molecule has 0 N–H and O–H groups in total. The standard InChI is InChI=1S/C17H27N3O/c1-3-17(2,11-12-18)13-15-19-16(20-21-15)14-9-7-5-4-6-8-10-14/h14H,3-11,13H2,1-2H3. The quantitative estimate of drug-likeness (QED) is 0.783. The molecular weight excluding hydrogens is 262 g/mol. The Labute approximate surface area is 127 Å². The molecule has 1 unspecified atom stereocenters. The lowest BCUT2D eigenvalue weighted by Gasteiger charge is -2.22. The Hall–Kier alpha value is -1.37. The number of nitrogens with zero attached hydrogens (tertiary/aromatic N) is 3. The summed E-state index contributed by atoms with van der Waals surface area (Å²) in [5, 5.41) is 13.2. The van der Waals surface area contributed by atoms with E-state index in [9.17, 15) is 0 Å². The summed E-state index contributed by atoms with van der Waals surface area (Å²) in [5.41, 5.74) is -0.0561. The Kier molecular flexibility index (Phi) is 5.78. The molecule has 0 bridgehead atoms. The summed E-state index contributed by atoms with van der Waals surface area (Å²) in [7, 11) is 0. The lowest BCUT2D eigenvalue weighted by Crippen LogP contribution is -2.18. The zero-order valence-electron chi connectivity index (χ0n) is 13.4. The number of nitriles is 1. The Balaban J connectivity index is 2.01. The number of rotatable bonds is 5. The van der Waals surface area contributed by atoms with Crippen LogP contribution >= 0.6 is 0 Å². The van der Waals surface area contributed by atoms with Crippen molar-refractivity contribution in [1.82, 2.24) is 10.1 Å². The Bertz CT molecular complexity index is 469. The first-order valence-corrected chi connectivity index (χ1v) is 8.36. The summed E-state index contributed by atoms with van der Waals surface area (Å²) in [6.45, 7) is 4.24. The van der Waals surface area contributed by atoms with Crippen LogP contribution < -0.4 is 0 Å². The topological polar surface area (TPSA) is 62.7 Å². The molecule has 2 rings (SSSR count). The van der Waals surface area contributed by atoms with E-state index in [1.807, 2.05) is 0 Å². The van der Waals surface area contributed by atoms with E-state index < -0.39 is 0 Å². The third kappa shape index (κ3) is 4.56. The fraction of sp³-hybridized carbons (Fsp3) is 0.824. The summed E-state index contributed by atoms with van der Waals surface area (Å²) in [6.07, 6.45) is 11.1. The molecule has 1 aliphatic carbocycles. The average Bonchev–Trinajstić information content (AvgIpc) is 2.86. The highest BCUT2D eigenvalue weighted by Gasteiger charge is 2.27. The lowest BCUT2D eigenvalue weighted by atomic mass is 9.81. The minimum atomic E-state index is -0.0561. The first-order valence-electron chi connectivity index (χ1n) is 8.36. The van der Waals surface area contributed by atoms with E-state index in [2.05, 4.69) is 30.1 Å². The number of hydrogen-bond donors (Lipinski definition) is 0. The van der Waals surface area contributed by atoms with E-state index in [4.69, 9.17) is 9.78 Å². The highest BCUT2D eigenvalue weighted by molar-refractivity contribution is 4.99. The van der Waals surface area contributed by atoms with E-state index in [0.717, 1.165) is 12.2 Å². The molecule has 1 fully saturated rings. The van der Waals surface area contributed by atoms with Crippen LogP contribution in [0.2, 0.25) is 0 Å². The minimum absolute atomic E-state index is 0.0561. The van der Waals surface area contributed by atoms with Crippen molar-refractivity contribution in [3.8, 4) is 6.07 Å². The van der Waals surface area contributed by atoms with Crippen molar-refractivity contribution < 1.29 is 4.52 Å². The van der Waals surface area contributed by atoms with Gasteiger partial charge in [0.05, 0.1) is 6.07 Å². The zero-order chi connectivity index (χ0) is 15.1. The van der Waals surface area contributed by atoms with Crippen LogP contribution in [0.4, 0.5) is 0 Å². The van der Waals surface area contributed by atoms with Crippen molar-refractivity contribution >= 4 is 0 Å². The van der Waals surface area contributed by atoms with Gasteiger partial charge < -0.3 is 4.52 Å². The summed E-state index contributed by atoms with van der Waals surface area (Å²) in [6, 6.07) is 2.28. The zero-order valence-corrected chi connectivity index (χ0v) is 13.4. The van der Waals surface area contributed by atoms with Crippen molar-refractivity contribution in [2.75, 3.05) is 0 Å². The van der Waals surface area contributed by atoms with Crippen molar-refractivity contribution in [3.05, 3.63) is 11.7 Å². The van der Waals surface area contributed by atoms with Crippen LogP contribution in [0.15, 0.2) is 4.52 Å². The van der Waals surface area contributed by atoms with Crippen LogP contribution in [-0.4, -0.2) is 10.1 Å². The number of aromatic nitrogens is 2. The maximum atomic E-state index is 8.96. The van der Waals surface area contributed by atoms with Crippen LogP contribution in [0.5, 0.6) is 0 Å². The van der Waals surface area contributed by atoms with Crippen molar-refractivity contribution in [2.45, 2.75) is 84.0 Å². The molecule has 116 valence electrons. The maximum absolute atomic E-state index is 8.96. The molecule has 1 atom stereocenters. The highest BCUT2D eigenvalue weighted by Crippen LogP contribution is 2.32. The van der Waals surface area contributed by atoms with Gasteiger partial charge in [0.15, 0.2) is 5.82 Å². The summed E-state index contributed by atoms with van der Waals surface area (Å²) >= 11 is 0. The van der Waals surface area contributed by atoms with Crippen LogP contribution in [0.25, 0.3) is 0 Å². The van der Waals surface area contributed by atoms with E-state index in [0.29, 0.717) is 24.7 Å². The summed E-state index contributed by atoms with van der Waals surface area (Å²) < 4.78 is 5.46. The predicted molar refractivity (Wildman–Crippen MR) is 81.7 cm³/mol. The van der Waals surface area contributed by atoms with Crippen LogP contribution in [0, 0.1) is 16.7 Å². The van der Waals surface area contributed by atoms with Crippen molar-refractivity contribution in [2.24, 2.45) is 5.41 Å². The second-order valence-electron chi connectivity index (χ2n) is 6.76. The van der Waals surface area contributed by atoms with Crippen molar-refractivity contribution in [3.63, 3.8) is 0 Å². The van der Waals surface area contributed by atoms with Gasteiger partial charge in [-0.15, -0.1) is 0 Å². The maximum Gasteiger partial charge on any atom is 0.227 e. The Morgan fingerprint density at radius 3 is 2.52 bits per heavy atom. The summed E-state index contributed by atoms with van der Waals surface area (Å²) in [5.74, 6) is 2.06. The van der Waals surface area contributed by atoms with Crippen LogP contribution in [0.1, 0.15) is 89.3 Å². The molecule has 0 saturated heterocycles. The number of hydrogen-bond acceptors (Lipinski definition) is 4. The predicted octanol–water partition coefficient (Wildman–Crippen LogP) is 4.77. The molecular formula is C17H27N3O. The molecule has 0 aromatic carbocycles. The van der Waals surface area contributed by atoms with Gasteiger partial charge in [-0.05, 0) is 24.7 Å². The smallest absolute Gasteiger partial charge is 0.227 e. The fourth-order valence-corrected chi connectivity index (χ4v) is 3.09. The van der Waals surface area contributed by atoms with Crippen LogP contribution in [-0.2, 0) is 6.42 Å². The molecule has 1 aromatic rings. The monoisotopic (exact) mass is 289 g/mol. The Morgan fingerprint density at radius 2 is 1.90 bits per heavy atom. The molecule has 4 heteroatoms. The molecule has 0 spiro atoms. The van der Waals surface area contributed by atoms with Gasteiger partial charge in [0.1, 0.15) is 0 Å². The summed E-state index contributed by atoms with van der Waals surface area (Å²) in [4.78, 5) is 4.63. The normalized spacial score (nSPS) is 20.2. The van der Waals surface area contributed by atoms with Crippen LogP contribution in [0.3, 0.4) is 0 Å². The molecule has 0 amide bonds. The third-order valence-corrected chi connectivity index (χ3v) is 4.89. The van der Waals surface area contributed by atoms with Gasteiger partial charge >= 0.3 is 0 Å². The second-order valence-corrected chi connectivity index (χ2v) is 6.76. The molecule has 0 aliphatic heterocycles. The molecule has 1 aromatic heterocycles. The second kappa shape index (κ2) is 7.59. The van der Waals surface area contributed by atoms with Gasteiger partial charge in [-0.2, -0.15) is 10.2 Å². The van der Waals surface area contributed by atoms with Gasteiger partial charge in [0.25, 0.3) is 0 Å². The van der Waals surface area contributed by atoms with Gasteiger partial charge in [-0.3, -0.25) is 0 Å². The van der Waals surface area contributed by atoms with E-state index in [1.54, 1.807) is 0 Å². The largest absolute Gasteiger partial charge is 0.339 e. The molecule has 1 saturated carbocycles. The molecule has 21 heavy (non-hydrogen) atoms. The molecule has 1 aliphatic rings. The average molecular weight is 289 g/mol. The minimum Gasteiger partial charge on any atom is -0.339 e. The molecule has 0 radical (unpaired) electrons. The molecule has 1 heterocycles. The van der Waals surface area contributed by atoms with E-state index in [1.165, 1.54) is 44.9 Å². The first kappa shape index (κ1) is 16.0. The van der Waals surface area contributed by atoms with Gasteiger partial charge in [-0.25, -0.2) is 0 Å². The Morgan fingerprint density at radius 1 is 1.24 bits per heavy atom.